The number of rotatable bonds is 4. The van der Waals surface area contributed by atoms with Gasteiger partial charge in [-0.2, -0.15) is 0 Å². The van der Waals surface area contributed by atoms with Gasteiger partial charge in [0.15, 0.2) is 0 Å². The van der Waals surface area contributed by atoms with Crippen LogP contribution >= 0.6 is 24.0 Å². The summed E-state index contributed by atoms with van der Waals surface area (Å²) in [6.07, 6.45) is 0. The molecule has 1 aromatic carbocycles. The highest BCUT2D eigenvalue weighted by Crippen LogP contribution is 2.12. The van der Waals surface area contributed by atoms with Gasteiger partial charge in [-0.25, -0.2) is 0 Å². The van der Waals surface area contributed by atoms with Crippen LogP contribution in [0.3, 0.4) is 0 Å². The van der Waals surface area contributed by atoms with Crippen molar-refractivity contribution in [3.05, 3.63) is 35.9 Å². The first-order valence-corrected chi connectivity index (χ1v) is 5.77. The Kier molecular flexibility index (Phi) is 5.59. The average Bonchev–Trinajstić information content (AvgIpc) is 2.25. The predicted octanol–water partition coefficient (Wildman–Crippen LogP) is 1.79. The van der Waals surface area contributed by atoms with Crippen LogP contribution in [0.25, 0.3) is 0 Å². The van der Waals surface area contributed by atoms with Crippen LogP contribution in [0.1, 0.15) is 5.56 Å². The summed E-state index contributed by atoms with van der Waals surface area (Å²) >= 11 is 6.64. The first-order chi connectivity index (χ1) is 6.83. The number of benzene rings is 1. The summed E-state index contributed by atoms with van der Waals surface area (Å²) in [7, 11) is 0. The van der Waals surface area contributed by atoms with Crippen LogP contribution < -0.4 is 5.32 Å². The standard InChI is InChI=1S/C10H13NOS2/c12-7-6-11-10(13)14-8-9-4-2-1-3-5-9/h1-5,12H,6-8H2,(H,11,13). The van der Waals surface area contributed by atoms with Crippen LogP contribution in [0, 0.1) is 0 Å². The molecule has 4 heteroatoms. The predicted molar refractivity (Wildman–Crippen MR) is 65.4 cm³/mol. The molecule has 0 bridgehead atoms. The van der Waals surface area contributed by atoms with E-state index < -0.39 is 0 Å². The first kappa shape index (κ1) is 11.5. The van der Waals surface area contributed by atoms with Crippen molar-refractivity contribution >= 4 is 28.3 Å². The third-order valence-electron chi connectivity index (χ3n) is 1.59. The molecule has 0 aliphatic rings. The number of aliphatic hydroxyl groups is 1. The van der Waals surface area contributed by atoms with Gasteiger partial charge in [-0.1, -0.05) is 54.3 Å². The maximum atomic E-state index is 8.57. The fraction of sp³-hybridized carbons (Fsp3) is 0.300. The Bertz CT molecular complexity index is 277. The molecule has 14 heavy (non-hydrogen) atoms. The molecule has 0 atom stereocenters. The average molecular weight is 227 g/mol. The SMILES string of the molecule is OCCNC(=S)SCc1ccccc1. The molecule has 0 saturated carbocycles. The van der Waals surface area contributed by atoms with Gasteiger partial charge in [0.05, 0.1) is 6.61 Å². The van der Waals surface area contributed by atoms with E-state index in [1.807, 2.05) is 18.2 Å². The van der Waals surface area contributed by atoms with Gasteiger partial charge >= 0.3 is 0 Å². The summed E-state index contributed by atoms with van der Waals surface area (Å²) in [5, 5.41) is 11.5. The number of hydrogen-bond acceptors (Lipinski definition) is 3. The van der Waals surface area contributed by atoms with Gasteiger partial charge in [-0.15, -0.1) is 0 Å². The minimum absolute atomic E-state index is 0.117. The van der Waals surface area contributed by atoms with Gasteiger partial charge in [-0.3, -0.25) is 0 Å². The molecule has 1 rings (SSSR count). The number of hydrogen-bond donors (Lipinski definition) is 2. The highest BCUT2D eigenvalue weighted by Gasteiger charge is 1.97. The van der Waals surface area contributed by atoms with E-state index in [2.05, 4.69) is 17.4 Å². The summed E-state index contributed by atoms with van der Waals surface area (Å²) in [6.45, 7) is 0.645. The lowest BCUT2D eigenvalue weighted by molar-refractivity contribution is 0.301. The van der Waals surface area contributed by atoms with E-state index in [4.69, 9.17) is 17.3 Å². The molecule has 2 N–H and O–H groups in total. The minimum atomic E-state index is 0.117. The molecule has 0 fully saturated rings. The molecule has 0 heterocycles. The Labute approximate surface area is 93.7 Å². The van der Waals surface area contributed by atoms with Crippen LogP contribution in [0.4, 0.5) is 0 Å². The van der Waals surface area contributed by atoms with Gasteiger partial charge in [-0.05, 0) is 5.56 Å². The minimum Gasteiger partial charge on any atom is -0.395 e. The van der Waals surface area contributed by atoms with Crippen LogP contribution in [0.2, 0.25) is 0 Å². The van der Waals surface area contributed by atoms with Gasteiger partial charge in [0.2, 0.25) is 0 Å². The summed E-state index contributed by atoms with van der Waals surface area (Å²) < 4.78 is 0.739. The summed E-state index contributed by atoms with van der Waals surface area (Å²) in [4.78, 5) is 0. The number of thiocarbonyl (C=S) groups is 1. The van der Waals surface area contributed by atoms with E-state index in [0.717, 1.165) is 10.1 Å². The molecule has 0 radical (unpaired) electrons. The van der Waals surface area contributed by atoms with Crippen molar-refractivity contribution in [2.24, 2.45) is 0 Å². The van der Waals surface area contributed by atoms with E-state index in [1.54, 1.807) is 11.8 Å². The fourth-order valence-corrected chi connectivity index (χ4v) is 1.91. The molecule has 1 aromatic rings. The largest absolute Gasteiger partial charge is 0.395 e. The van der Waals surface area contributed by atoms with Gasteiger partial charge in [0.1, 0.15) is 4.32 Å². The van der Waals surface area contributed by atoms with Crippen molar-refractivity contribution < 1.29 is 5.11 Å². The smallest absolute Gasteiger partial charge is 0.134 e. The Morgan fingerprint density at radius 3 is 2.71 bits per heavy atom. The van der Waals surface area contributed by atoms with Crippen molar-refractivity contribution in [3.8, 4) is 0 Å². The summed E-state index contributed by atoms with van der Waals surface area (Å²) in [5.41, 5.74) is 1.26. The van der Waals surface area contributed by atoms with Crippen LogP contribution in [0.5, 0.6) is 0 Å². The van der Waals surface area contributed by atoms with E-state index in [-0.39, 0.29) is 6.61 Å². The zero-order valence-electron chi connectivity index (χ0n) is 7.77. The molecule has 0 amide bonds. The summed E-state index contributed by atoms with van der Waals surface area (Å²) in [6, 6.07) is 10.2. The first-order valence-electron chi connectivity index (χ1n) is 4.38. The van der Waals surface area contributed by atoms with Crippen molar-refractivity contribution in [2.75, 3.05) is 13.2 Å². The van der Waals surface area contributed by atoms with E-state index >= 15 is 0 Å². The zero-order valence-corrected chi connectivity index (χ0v) is 9.40. The third-order valence-corrected chi connectivity index (χ3v) is 2.98. The topological polar surface area (TPSA) is 32.3 Å². The molecule has 2 nitrogen and oxygen atoms in total. The van der Waals surface area contributed by atoms with E-state index in [1.165, 1.54) is 5.56 Å². The van der Waals surface area contributed by atoms with E-state index in [0.29, 0.717) is 6.54 Å². The molecular formula is C10H13NOS2. The third kappa shape index (κ3) is 4.60. The monoisotopic (exact) mass is 227 g/mol. The Hall–Kier alpha value is -0.580. The normalized spacial score (nSPS) is 9.79. The highest BCUT2D eigenvalue weighted by molar-refractivity contribution is 8.22. The fourth-order valence-electron chi connectivity index (χ4n) is 0.932. The Morgan fingerprint density at radius 2 is 2.07 bits per heavy atom. The van der Waals surface area contributed by atoms with Gasteiger partial charge < -0.3 is 10.4 Å². The maximum absolute atomic E-state index is 8.57. The molecule has 0 aliphatic carbocycles. The van der Waals surface area contributed by atoms with E-state index in [9.17, 15) is 0 Å². The van der Waals surface area contributed by atoms with Crippen LogP contribution in [-0.2, 0) is 5.75 Å². The van der Waals surface area contributed by atoms with Crippen molar-refractivity contribution in [1.82, 2.24) is 5.32 Å². The van der Waals surface area contributed by atoms with Gasteiger partial charge in [0.25, 0.3) is 0 Å². The molecular weight excluding hydrogens is 214 g/mol. The van der Waals surface area contributed by atoms with Crippen molar-refractivity contribution in [1.29, 1.82) is 0 Å². The Balaban J connectivity index is 2.24. The summed E-state index contributed by atoms with van der Waals surface area (Å²) in [5.74, 6) is 0.873. The lowest BCUT2D eigenvalue weighted by atomic mass is 10.2. The number of thioether (sulfide) groups is 1. The van der Waals surface area contributed by atoms with Crippen molar-refractivity contribution in [2.45, 2.75) is 5.75 Å². The molecule has 0 unspecified atom stereocenters. The van der Waals surface area contributed by atoms with Crippen LogP contribution in [0.15, 0.2) is 30.3 Å². The number of nitrogens with one attached hydrogen (secondary N) is 1. The highest BCUT2D eigenvalue weighted by atomic mass is 32.2. The second-order valence-corrected chi connectivity index (χ2v) is 4.36. The quantitative estimate of drug-likeness (QED) is 0.768. The molecule has 0 aromatic heterocycles. The molecule has 0 spiro atoms. The molecule has 0 aliphatic heterocycles. The lowest BCUT2D eigenvalue weighted by Crippen LogP contribution is -2.21. The molecule has 0 saturated heterocycles. The van der Waals surface area contributed by atoms with Crippen molar-refractivity contribution in [3.63, 3.8) is 0 Å². The second-order valence-electron chi connectivity index (χ2n) is 2.71. The molecule has 76 valence electrons. The van der Waals surface area contributed by atoms with Crippen LogP contribution in [-0.4, -0.2) is 22.6 Å². The number of aliphatic hydroxyl groups excluding tert-OH is 1. The Morgan fingerprint density at radius 1 is 1.36 bits per heavy atom. The maximum Gasteiger partial charge on any atom is 0.134 e. The van der Waals surface area contributed by atoms with Gasteiger partial charge in [0, 0.05) is 12.3 Å². The zero-order chi connectivity index (χ0) is 10.2. The second kappa shape index (κ2) is 6.81. The lowest BCUT2D eigenvalue weighted by Gasteiger charge is -2.05.